The molecule has 2 aliphatic rings. The summed E-state index contributed by atoms with van der Waals surface area (Å²) in [6, 6.07) is 0. The van der Waals surface area contributed by atoms with E-state index in [0.717, 1.165) is 6.42 Å². The van der Waals surface area contributed by atoms with Crippen LogP contribution in [-0.4, -0.2) is 11.1 Å². The van der Waals surface area contributed by atoms with E-state index < -0.39 is 5.97 Å². The Morgan fingerprint density at radius 1 is 1.80 bits per heavy atom. The van der Waals surface area contributed by atoms with Crippen molar-refractivity contribution < 1.29 is 9.90 Å². The van der Waals surface area contributed by atoms with Crippen molar-refractivity contribution in [3.05, 3.63) is 12.2 Å². The van der Waals surface area contributed by atoms with Crippen LogP contribution in [0.2, 0.25) is 0 Å². The maximum Gasteiger partial charge on any atom is 0.307 e. The largest absolute Gasteiger partial charge is 0.481 e. The summed E-state index contributed by atoms with van der Waals surface area (Å²) in [6.45, 7) is 2.05. The van der Waals surface area contributed by atoms with E-state index in [1.165, 1.54) is 0 Å². The van der Waals surface area contributed by atoms with E-state index in [9.17, 15) is 4.79 Å². The van der Waals surface area contributed by atoms with Crippen LogP contribution in [0.15, 0.2) is 12.2 Å². The summed E-state index contributed by atoms with van der Waals surface area (Å²) in [5, 5.41) is 8.69. The standard InChI is InChI=1S/C8H10O2/c1-8-4-2-3-5(8)6(8)7(9)10/h2-3,5-6H,4H2,1H3,(H,9,10)/t5-,6-,8-/m0/s1. The van der Waals surface area contributed by atoms with Crippen molar-refractivity contribution in [1.82, 2.24) is 0 Å². The van der Waals surface area contributed by atoms with Crippen LogP contribution in [0.1, 0.15) is 13.3 Å². The third kappa shape index (κ3) is 0.474. The number of carboxylic acids is 1. The first-order chi connectivity index (χ1) is 4.66. The predicted octanol–water partition coefficient (Wildman–Crippen LogP) is 1.28. The average molecular weight is 138 g/mol. The molecule has 0 saturated heterocycles. The van der Waals surface area contributed by atoms with Crippen molar-refractivity contribution in [2.24, 2.45) is 17.3 Å². The lowest BCUT2D eigenvalue weighted by Gasteiger charge is -2.00. The van der Waals surface area contributed by atoms with Gasteiger partial charge in [0, 0.05) is 0 Å². The zero-order chi connectivity index (χ0) is 7.35. The van der Waals surface area contributed by atoms with Gasteiger partial charge >= 0.3 is 5.97 Å². The zero-order valence-corrected chi connectivity index (χ0v) is 5.87. The molecule has 0 spiro atoms. The van der Waals surface area contributed by atoms with Gasteiger partial charge in [-0.25, -0.2) is 0 Å². The lowest BCUT2D eigenvalue weighted by Crippen LogP contribution is -2.06. The van der Waals surface area contributed by atoms with Crippen LogP contribution < -0.4 is 0 Å². The van der Waals surface area contributed by atoms with Gasteiger partial charge in [-0.05, 0) is 17.8 Å². The number of carboxylic acid groups (broad SMARTS) is 1. The molecule has 0 aromatic heterocycles. The minimum atomic E-state index is -0.628. The Balaban J connectivity index is 2.21. The summed E-state index contributed by atoms with van der Waals surface area (Å²) in [4.78, 5) is 10.5. The van der Waals surface area contributed by atoms with E-state index in [1.807, 2.05) is 6.08 Å². The quantitative estimate of drug-likeness (QED) is 0.554. The molecule has 0 amide bonds. The average Bonchev–Trinajstić information content (AvgIpc) is 2.22. The van der Waals surface area contributed by atoms with E-state index in [2.05, 4.69) is 13.0 Å². The lowest BCUT2D eigenvalue weighted by molar-refractivity contribution is -0.139. The molecule has 0 aromatic rings. The first-order valence-electron chi connectivity index (χ1n) is 3.56. The molecule has 2 heteroatoms. The van der Waals surface area contributed by atoms with Gasteiger partial charge in [0.2, 0.25) is 0 Å². The summed E-state index contributed by atoms with van der Waals surface area (Å²) < 4.78 is 0. The van der Waals surface area contributed by atoms with Gasteiger partial charge in [0.15, 0.2) is 0 Å². The summed E-state index contributed by atoms with van der Waals surface area (Å²) >= 11 is 0. The molecule has 2 aliphatic carbocycles. The summed E-state index contributed by atoms with van der Waals surface area (Å²) in [6.07, 6.45) is 5.08. The minimum Gasteiger partial charge on any atom is -0.481 e. The molecule has 2 rings (SSSR count). The summed E-state index contributed by atoms with van der Waals surface area (Å²) in [7, 11) is 0. The fourth-order valence-corrected chi connectivity index (χ4v) is 2.10. The van der Waals surface area contributed by atoms with Gasteiger partial charge < -0.3 is 5.11 Å². The van der Waals surface area contributed by atoms with Gasteiger partial charge in [0.1, 0.15) is 0 Å². The maximum absolute atomic E-state index is 10.5. The number of carbonyl (C=O) groups is 1. The number of hydrogen-bond acceptors (Lipinski definition) is 1. The minimum absolute atomic E-state index is 0.0856. The first-order valence-corrected chi connectivity index (χ1v) is 3.56. The molecule has 0 bridgehead atoms. The molecule has 0 radical (unpaired) electrons. The molecule has 54 valence electrons. The van der Waals surface area contributed by atoms with Crippen LogP contribution in [0, 0.1) is 17.3 Å². The number of hydrogen-bond donors (Lipinski definition) is 1. The number of fused-ring (bicyclic) bond motifs is 1. The van der Waals surface area contributed by atoms with E-state index in [-0.39, 0.29) is 11.3 Å². The van der Waals surface area contributed by atoms with Crippen LogP contribution in [0.3, 0.4) is 0 Å². The highest BCUT2D eigenvalue weighted by molar-refractivity contribution is 5.77. The summed E-state index contributed by atoms with van der Waals surface area (Å²) in [5.41, 5.74) is 0.0891. The van der Waals surface area contributed by atoms with E-state index >= 15 is 0 Å². The predicted molar refractivity (Wildman–Crippen MR) is 36.5 cm³/mol. The molecule has 1 N–H and O–H groups in total. The van der Waals surface area contributed by atoms with Gasteiger partial charge in [-0.2, -0.15) is 0 Å². The van der Waals surface area contributed by atoms with Crippen molar-refractivity contribution in [2.75, 3.05) is 0 Å². The van der Waals surface area contributed by atoms with Gasteiger partial charge in [-0.3, -0.25) is 4.79 Å². The van der Waals surface area contributed by atoms with Gasteiger partial charge in [-0.1, -0.05) is 19.1 Å². The van der Waals surface area contributed by atoms with Crippen molar-refractivity contribution in [2.45, 2.75) is 13.3 Å². The molecule has 2 nitrogen and oxygen atoms in total. The molecule has 1 saturated carbocycles. The van der Waals surface area contributed by atoms with Crippen molar-refractivity contribution in [3.8, 4) is 0 Å². The van der Waals surface area contributed by atoms with Crippen LogP contribution in [0.4, 0.5) is 0 Å². The second-order valence-electron chi connectivity index (χ2n) is 3.48. The van der Waals surface area contributed by atoms with Crippen molar-refractivity contribution in [1.29, 1.82) is 0 Å². The number of aliphatic carboxylic acids is 1. The second kappa shape index (κ2) is 1.44. The normalized spacial score (nSPS) is 48.9. The van der Waals surface area contributed by atoms with Gasteiger partial charge in [-0.15, -0.1) is 0 Å². The SMILES string of the molecule is C[C@]12CC=C[C@H]1[C@H]2C(=O)O. The molecule has 0 aliphatic heterocycles. The number of rotatable bonds is 1. The van der Waals surface area contributed by atoms with E-state index in [4.69, 9.17) is 5.11 Å². The molecule has 1 fully saturated rings. The fourth-order valence-electron chi connectivity index (χ4n) is 2.10. The zero-order valence-electron chi connectivity index (χ0n) is 5.87. The van der Waals surface area contributed by atoms with E-state index in [1.54, 1.807) is 0 Å². The smallest absolute Gasteiger partial charge is 0.307 e. The molecular weight excluding hydrogens is 128 g/mol. The van der Waals surface area contributed by atoms with Gasteiger partial charge in [0.25, 0.3) is 0 Å². The highest BCUT2D eigenvalue weighted by atomic mass is 16.4. The maximum atomic E-state index is 10.5. The third-order valence-electron chi connectivity index (χ3n) is 2.89. The Labute approximate surface area is 59.5 Å². The van der Waals surface area contributed by atoms with Crippen molar-refractivity contribution >= 4 is 5.97 Å². The topological polar surface area (TPSA) is 37.3 Å². The Kier molecular flexibility index (Phi) is 0.858. The van der Waals surface area contributed by atoms with E-state index in [0.29, 0.717) is 5.92 Å². The molecule has 10 heavy (non-hydrogen) atoms. The Morgan fingerprint density at radius 3 is 2.80 bits per heavy atom. The van der Waals surface area contributed by atoms with Crippen LogP contribution >= 0.6 is 0 Å². The fraction of sp³-hybridized carbons (Fsp3) is 0.625. The number of allylic oxidation sites excluding steroid dienone is 2. The Hall–Kier alpha value is -0.790. The molecule has 0 heterocycles. The Bertz CT molecular complexity index is 219. The van der Waals surface area contributed by atoms with Crippen LogP contribution in [-0.2, 0) is 4.79 Å². The molecule has 0 unspecified atom stereocenters. The molecule has 3 atom stereocenters. The van der Waals surface area contributed by atoms with Crippen LogP contribution in [0.5, 0.6) is 0 Å². The van der Waals surface area contributed by atoms with Crippen LogP contribution in [0.25, 0.3) is 0 Å². The third-order valence-corrected chi connectivity index (χ3v) is 2.89. The second-order valence-corrected chi connectivity index (χ2v) is 3.48. The monoisotopic (exact) mass is 138 g/mol. The summed E-state index contributed by atoms with van der Waals surface area (Å²) in [5.74, 6) is -0.376. The highest BCUT2D eigenvalue weighted by Crippen LogP contribution is 2.64. The molecule has 0 aromatic carbocycles. The molecular formula is C8H10O2. The Morgan fingerprint density at radius 2 is 2.50 bits per heavy atom. The lowest BCUT2D eigenvalue weighted by atomic mass is 10.0. The van der Waals surface area contributed by atoms with Crippen molar-refractivity contribution in [3.63, 3.8) is 0 Å². The highest BCUT2D eigenvalue weighted by Gasteiger charge is 2.65. The first kappa shape index (κ1) is 5.96. The van der Waals surface area contributed by atoms with Gasteiger partial charge in [0.05, 0.1) is 5.92 Å².